The molecule has 1 aromatic rings. The van der Waals surface area contributed by atoms with Gasteiger partial charge in [-0.15, -0.1) is 0 Å². The van der Waals surface area contributed by atoms with E-state index in [0.717, 1.165) is 18.2 Å². The van der Waals surface area contributed by atoms with E-state index in [1.165, 1.54) is 12.1 Å². The Labute approximate surface area is 90.6 Å². The maximum absolute atomic E-state index is 13.3. The summed E-state index contributed by atoms with van der Waals surface area (Å²) in [5.74, 6) is -2.86. The molecule has 1 rings (SSSR count). The molecule has 0 saturated heterocycles. The molecular weight excluding hydrogens is 215 g/mol. The van der Waals surface area contributed by atoms with Gasteiger partial charge in [0.05, 0.1) is 6.42 Å². The maximum atomic E-state index is 13.3. The third kappa shape index (κ3) is 3.53. The van der Waals surface area contributed by atoms with Gasteiger partial charge in [-0.3, -0.25) is 4.79 Å². The number of hydrogen-bond acceptors (Lipinski definition) is 2. The lowest BCUT2D eigenvalue weighted by molar-refractivity contribution is -0.136. The molecule has 2 N–H and O–H groups in total. The Morgan fingerprint density at radius 3 is 2.50 bits per heavy atom. The van der Waals surface area contributed by atoms with Crippen LogP contribution in [-0.2, 0) is 16.0 Å². The number of rotatable bonds is 4. The molecule has 5 heteroatoms. The van der Waals surface area contributed by atoms with Gasteiger partial charge in [-0.1, -0.05) is 12.1 Å². The van der Waals surface area contributed by atoms with Gasteiger partial charge in [0.25, 0.3) is 0 Å². The fourth-order valence-electron chi connectivity index (χ4n) is 1.15. The minimum atomic E-state index is -1.17. The van der Waals surface area contributed by atoms with Crippen molar-refractivity contribution in [3.8, 4) is 0 Å². The molecule has 0 aliphatic rings. The number of halogens is 1. The summed E-state index contributed by atoms with van der Waals surface area (Å²) in [7, 11) is 0. The van der Waals surface area contributed by atoms with Gasteiger partial charge in [0.2, 0.25) is 0 Å². The second-order valence-corrected chi connectivity index (χ2v) is 3.10. The Bertz CT molecular complexity index is 451. The van der Waals surface area contributed by atoms with Crippen LogP contribution in [0.4, 0.5) is 4.39 Å². The zero-order valence-electron chi connectivity index (χ0n) is 8.18. The van der Waals surface area contributed by atoms with E-state index in [-0.39, 0.29) is 12.0 Å². The van der Waals surface area contributed by atoms with Crippen molar-refractivity contribution in [3.63, 3.8) is 0 Å². The molecule has 0 unspecified atom stereocenters. The van der Waals surface area contributed by atoms with Crippen molar-refractivity contribution in [1.29, 1.82) is 0 Å². The Kier molecular flexibility index (Phi) is 3.77. The minimum Gasteiger partial charge on any atom is -0.481 e. The average molecular weight is 224 g/mol. The molecule has 0 aliphatic heterocycles. The molecule has 0 bridgehead atoms. The van der Waals surface area contributed by atoms with Crippen molar-refractivity contribution < 1.29 is 24.2 Å². The third-order valence-corrected chi connectivity index (χ3v) is 1.83. The van der Waals surface area contributed by atoms with Gasteiger partial charge in [0.15, 0.2) is 0 Å². The molecule has 0 aromatic heterocycles. The number of aliphatic carboxylic acids is 2. The number of carbonyl (C=O) groups is 2. The number of carboxylic acids is 2. The highest BCUT2D eigenvalue weighted by Crippen LogP contribution is 2.12. The SMILES string of the molecule is O=C(O)C=Cc1ccc(CC(=O)O)cc1F. The summed E-state index contributed by atoms with van der Waals surface area (Å²) >= 11 is 0. The van der Waals surface area contributed by atoms with E-state index >= 15 is 0 Å². The molecule has 16 heavy (non-hydrogen) atoms. The van der Waals surface area contributed by atoms with Crippen LogP contribution in [0.3, 0.4) is 0 Å². The molecule has 4 nitrogen and oxygen atoms in total. The van der Waals surface area contributed by atoms with Crippen LogP contribution in [0.2, 0.25) is 0 Å². The lowest BCUT2D eigenvalue weighted by Gasteiger charge is -2.00. The molecule has 1 aromatic carbocycles. The van der Waals surface area contributed by atoms with Gasteiger partial charge in [-0.05, 0) is 17.7 Å². The monoisotopic (exact) mass is 224 g/mol. The van der Waals surface area contributed by atoms with Crippen molar-refractivity contribution in [2.75, 3.05) is 0 Å². The van der Waals surface area contributed by atoms with E-state index in [9.17, 15) is 14.0 Å². The second kappa shape index (κ2) is 5.06. The molecule has 0 spiro atoms. The lowest BCUT2D eigenvalue weighted by Crippen LogP contribution is -2.00. The molecular formula is C11H9FO4. The first-order chi connectivity index (χ1) is 7.49. The molecule has 0 heterocycles. The van der Waals surface area contributed by atoms with Gasteiger partial charge < -0.3 is 10.2 Å². The molecule has 0 atom stereocenters. The first-order valence-electron chi connectivity index (χ1n) is 4.40. The molecule has 84 valence electrons. The smallest absolute Gasteiger partial charge is 0.328 e. The Balaban J connectivity index is 2.91. The van der Waals surface area contributed by atoms with Gasteiger partial charge in [-0.2, -0.15) is 0 Å². The normalized spacial score (nSPS) is 10.6. The van der Waals surface area contributed by atoms with E-state index in [1.807, 2.05) is 0 Å². The summed E-state index contributed by atoms with van der Waals surface area (Å²) in [6.45, 7) is 0. The van der Waals surface area contributed by atoms with E-state index in [2.05, 4.69) is 0 Å². The van der Waals surface area contributed by atoms with Gasteiger partial charge in [0, 0.05) is 11.6 Å². The zero-order chi connectivity index (χ0) is 12.1. The Hall–Kier alpha value is -2.17. The predicted octanol–water partition coefficient (Wildman–Crippen LogP) is 1.55. The predicted molar refractivity (Wildman–Crippen MR) is 54.4 cm³/mol. The van der Waals surface area contributed by atoms with Crippen LogP contribution in [0.1, 0.15) is 11.1 Å². The van der Waals surface area contributed by atoms with E-state index < -0.39 is 17.8 Å². The summed E-state index contributed by atoms with van der Waals surface area (Å²) in [6.07, 6.45) is 1.66. The van der Waals surface area contributed by atoms with Crippen molar-refractivity contribution in [3.05, 3.63) is 41.2 Å². The van der Waals surface area contributed by atoms with Crippen LogP contribution in [0.15, 0.2) is 24.3 Å². The standard InChI is InChI=1S/C11H9FO4/c12-9-5-7(6-11(15)16)1-2-8(9)3-4-10(13)14/h1-5H,6H2,(H,13,14)(H,15,16). The van der Waals surface area contributed by atoms with Crippen molar-refractivity contribution in [2.45, 2.75) is 6.42 Å². The first-order valence-corrected chi connectivity index (χ1v) is 4.40. The van der Waals surface area contributed by atoms with E-state index in [1.54, 1.807) is 0 Å². The summed E-state index contributed by atoms with van der Waals surface area (Å²) in [5.41, 5.74) is 0.439. The van der Waals surface area contributed by atoms with Gasteiger partial charge in [-0.25, -0.2) is 9.18 Å². The summed E-state index contributed by atoms with van der Waals surface area (Å²) in [6, 6.07) is 3.86. The minimum absolute atomic E-state index is 0.108. The second-order valence-electron chi connectivity index (χ2n) is 3.10. The van der Waals surface area contributed by atoms with Gasteiger partial charge in [0.1, 0.15) is 5.82 Å². The quantitative estimate of drug-likeness (QED) is 0.761. The maximum Gasteiger partial charge on any atom is 0.328 e. The van der Waals surface area contributed by atoms with Crippen molar-refractivity contribution in [1.82, 2.24) is 0 Å². The summed E-state index contributed by atoms with van der Waals surface area (Å²) in [4.78, 5) is 20.6. The van der Waals surface area contributed by atoms with Crippen molar-refractivity contribution in [2.24, 2.45) is 0 Å². The lowest BCUT2D eigenvalue weighted by atomic mass is 10.1. The number of carboxylic acid groups (broad SMARTS) is 2. The zero-order valence-corrected chi connectivity index (χ0v) is 8.18. The molecule has 0 fully saturated rings. The fraction of sp³-hybridized carbons (Fsp3) is 0.0909. The van der Waals surface area contributed by atoms with Crippen LogP contribution < -0.4 is 0 Å². The molecule has 0 amide bonds. The highest BCUT2D eigenvalue weighted by molar-refractivity contribution is 5.85. The van der Waals surface area contributed by atoms with Crippen LogP contribution in [0.25, 0.3) is 6.08 Å². The number of hydrogen-bond donors (Lipinski definition) is 2. The molecule has 0 aliphatic carbocycles. The van der Waals surface area contributed by atoms with Crippen LogP contribution in [0, 0.1) is 5.82 Å². The Morgan fingerprint density at radius 1 is 1.31 bits per heavy atom. The van der Waals surface area contributed by atoms with Gasteiger partial charge >= 0.3 is 11.9 Å². The molecule has 0 radical (unpaired) electrons. The molecule has 0 saturated carbocycles. The van der Waals surface area contributed by atoms with Crippen LogP contribution in [0.5, 0.6) is 0 Å². The highest BCUT2D eigenvalue weighted by atomic mass is 19.1. The summed E-state index contributed by atoms with van der Waals surface area (Å²) in [5, 5.41) is 16.8. The summed E-state index contributed by atoms with van der Waals surface area (Å²) < 4.78 is 13.3. The van der Waals surface area contributed by atoms with E-state index in [0.29, 0.717) is 5.56 Å². The topological polar surface area (TPSA) is 74.6 Å². The van der Waals surface area contributed by atoms with Crippen LogP contribution in [-0.4, -0.2) is 22.2 Å². The Morgan fingerprint density at radius 2 is 2.00 bits per heavy atom. The first kappa shape index (κ1) is 11.9. The largest absolute Gasteiger partial charge is 0.481 e. The van der Waals surface area contributed by atoms with Crippen LogP contribution >= 0.6 is 0 Å². The van der Waals surface area contributed by atoms with E-state index in [4.69, 9.17) is 10.2 Å². The highest BCUT2D eigenvalue weighted by Gasteiger charge is 2.04. The third-order valence-electron chi connectivity index (χ3n) is 1.83. The number of benzene rings is 1. The average Bonchev–Trinajstić information content (AvgIpc) is 2.15. The van der Waals surface area contributed by atoms with Crippen molar-refractivity contribution >= 4 is 18.0 Å². The fourth-order valence-corrected chi connectivity index (χ4v) is 1.15.